The average molecular weight is 101 g/mol. The molecule has 0 radical (unpaired) electrons. The summed E-state index contributed by atoms with van der Waals surface area (Å²) in [7, 11) is 5.95. The lowest BCUT2D eigenvalue weighted by Crippen LogP contribution is -2.16. The molecular weight excluding hydrogens is 88.9 g/mol. The molecule has 0 atom stereocenters. The Hall–Kier alpha value is -0.0151. The number of nitrogens with zero attached hydrogens (tertiary/aromatic N) is 1. The highest BCUT2D eigenvalue weighted by Crippen LogP contribution is 1.72. The van der Waals surface area contributed by atoms with Gasteiger partial charge in [0.05, 0.1) is 6.73 Å². The summed E-state index contributed by atoms with van der Waals surface area (Å²) in [5.74, 6) is 0. The van der Waals surface area contributed by atoms with Crippen molar-refractivity contribution in [1.82, 2.24) is 4.90 Å². The fourth-order valence-corrected chi connectivity index (χ4v) is 0.274. The Morgan fingerprint density at radius 2 is 2.14 bits per heavy atom. The van der Waals surface area contributed by atoms with Crippen molar-refractivity contribution in [2.75, 3.05) is 27.3 Å². The van der Waals surface area contributed by atoms with E-state index in [-0.39, 0.29) is 0 Å². The van der Waals surface area contributed by atoms with E-state index in [2.05, 4.69) is 0 Å². The summed E-state index contributed by atoms with van der Waals surface area (Å²) in [4.78, 5) is 1.99. The highest BCUT2D eigenvalue weighted by molar-refractivity contribution is 6.08. The largest absolute Gasteiger partial charge is 0.375 e. The zero-order chi connectivity index (χ0) is 5.70. The van der Waals surface area contributed by atoms with E-state index in [4.69, 9.17) is 4.74 Å². The SMILES string of the molecule is BCOCN(C)C. The molecule has 0 aromatic carbocycles. The van der Waals surface area contributed by atoms with Crippen LogP contribution in [-0.2, 0) is 4.74 Å². The van der Waals surface area contributed by atoms with Gasteiger partial charge in [-0.05, 0) is 14.1 Å². The minimum atomic E-state index is 0.733. The van der Waals surface area contributed by atoms with Crippen LogP contribution in [0, 0.1) is 0 Å². The Bertz CT molecular complexity index is 40.7. The summed E-state index contributed by atoms with van der Waals surface area (Å²) in [6.07, 6.45) is 0. The molecule has 2 nitrogen and oxygen atoms in total. The maximum absolute atomic E-state index is 5.02. The standard InChI is InChI=1S/C4H12BNO/c1-6(2)4-7-3-5/h3-5H2,1-2H3. The van der Waals surface area contributed by atoms with Crippen LogP contribution in [0.2, 0.25) is 0 Å². The minimum absolute atomic E-state index is 0.733. The van der Waals surface area contributed by atoms with Crippen LogP contribution in [0.25, 0.3) is 0 Å². The van der Waals surface area contributed by atoms with Crippen molar-refractivity contribution < 1.29 is 4.74 Å². The van der Waals surface area contributed by atoms with Crippen molar-refractivity contribution >= 4 is 7.85 Å². The lowest BCUT2D eigenvalue weighted by atomic mass is 10.2. The molecule has 0 spiro atoms. The molecule has 7 heavy (non-hydrogen) atoms. The molecule has 0 fully saturated rings. The van der Waals surface area contributed by atoms with E-state index in [9.17, 15) is 0 Å². The van der Waals surface area contributed by atoms with E-state index in [0.29, 0.717) is 0 Å². The van der Waals surface area contributed by atoms with Crippen LogP contribution in [0.1, 0.15) is 0 Å². The molecule has 3 heteroatoms. The van der Waals surface area contributed by atoms with Crippen LogP contribution in [0.5, 0.6) is 0 Å². The summed E-state index contributed by atoms with van der Waals surface area (Å²) in [6, 6.07) is 0. The van der Waals surface area contributed by atoms with Crippen LogP contribution >= 0.6 is 0 Å². The summed E-state index contributed by atoms with van der Waals surface area (Å²) in [6.45, 7) is 1.54. The van der Waals surface area contributed by atoms with E-state index in [1.54, 1.807) is 0 Å². The van der Waals surface area contributed by atoms with Crippen LogP contribution in [0.4, 0.5) is 0 Å². The molecule has 0 amide bonds. The molecule has 0 bridgehead atoms. The first-order valence-electron chi connectivity index (χ1n) is 2.50. The first-order chi connectivity index (χ1) is 3.27. The third kappa shape index (κ3) is 5.98. The van der Waals surface area contributed by atoms with Crippen molar-refractivity contribution in [2.24, 2.45) is 0 Å². The Morgan fingerprint density at radius 1 is 1.57 bits per heavy atom. The van der Waals surface area contributed by atoms with Gasteiger partial charge in [0.2, 0.25) is 0 Å². The van der Waals surface area contributed by atoms with E-state index in [0.717, 1.165) is 13.2 Å². The molecule has 0 heterocycles. The molecule has 0 aliphatic heterocycles. The number of rotatable bonds is 3. The molecule has 0 aliphatic carbocycles. The second kappa shape index (κ2) is 4.15. The fraction of sp³-hybridized carbons (Fsp3) is 1.00. The normalized spacial score (nSPS) is 10.1. The van der Waals surface area contributed by atoms with Gasteiger partial charge in [-0.25, -0.2) is 0 Å². The van der Waals surface area contributed by atoms with Gasteiger partial charge in [-0.15, -0.1) is 0 Å². The molecule has 0 N–H and O–H groups in total. The molecule has 0 aliphatic rings. The molecule has 0 saturated carbocycles. The maximum Gasteiger partial charge on any atom is 0.135 e. The Morgan fingerprint density at radius 3 is 2.29 bits per heavy atom. The van der Waals surface area contributed by atoms with E-state index >= 15 is 0 Å². The second-order valence-electron chi connectivity index (χ2n) is 1.70. The van der Waals surface area contributed by atoms with Crippen molar-refractivity contribution in [1.29, 1.82) is 0 Å². The highest BCUT2D eigenvalue weighted by Gasteiger charge is 1.82. The topological polar surface area (TPSA) is 12.5 Å². The number of hydrogen-bond donors (Lipinski definition) is 0. The molecule has 0 saturated heterocycles. The second-order valence-corrected chi connectivity index (χ2v) is 1.70. The van der Waals surface area contributed by atoms with Gasteiger partial charge in [-0.3, -0.25) is 4.90 Å². The van der Waals surface area contributed by atoms with Gasteiger partial charge in [-0.1, -0.05) is 0 Å². The third-order valence-electron chi connectivity index (χ3n) is 0.554. The van der Waals surface area contributed by atoms with Gasteiger partial charge in [0.15, 0.2) is 0 Å². The molecule has 42 valence electrons. The van der Waals surface area contributed by atoms with Crippen LogP contribution in [-0.4, -0.2) is 40.1 Å². The molecule has 0 aromatic heterocycles. The zero-order valence-corrected chi connectivity index (χ0v) is 5.27. The van der Waals surface area contributed by atoms with Gasteiger partial charge in [-0.2, -0.15) is 0 Å². The van der Waals surface area contributed by atoms with Crippen molar-refractivity contribution in [3.8, 4) is 0 Å². The zero-order valence-electron chi connectivity index (χ0n) is 5.27. The molecule has 0 unspecified atom stereocenters. The smallest absolute Gasteiger partial charge is 0.135 e. The lowest BCUT2D eigenvalue weighted by Gasteiger charge is -2.07. The average Bonchev–Trinajstić information content (AvgIpc) is 1.61. The quantitative estimate of drug-likeness (QED) is 0.338. The first-order valence-corrected chi connectivity index (χ1v) is 2.50. The molecular formula is C4H12BNO. The van der Waals surface area contributed by atoms with E-state index in [1.165, 1.54) is 0 Å². The maximum atomic E-state index is 5.02. The Kier molecular flexibility index (Phi) is 4.14. The van der Waals surface area contributed by atoms with E-state index in [1.807, 2.05) is 26.8 Å². The Labute approximate surface area is 45.9 Å². The van der Waals surface area contributed by atoms with Crippen molar-refractivity contribution in [2.45, 2.75) is 0 Å². The first kappa shape index (κ1) is 6.98. The van der Waals surface area contributed by atoms with Crippen LogP contribution in [0.15, 0.2) is 0 Å². The summed E-state index contributed by atoms with van der Waals surface area (Å²) >= 11 is 0. The Balaban J connectivity index is 2.68. The molecule has 0 rings (SSSR count). The van der Waals surface area contributed by atoms with Gasteiger partial charge < -0.3 is 4.74 Å². The number of ether oxygens (including phenoxy) is 1. The van der Waals surface area contributed by atoms with Gasteiger partial charge in [0.1, 0.15) is 7.85 Å². The van der Waals surface area contributed by atoms with E-state index < -0.39 is 0 Å². The third-order valence-corrected chi connectivity index (χ3v) is 0.554. The monoisotopic (exact) mass is 101 g/mol. The molecule has 0 aromatic rings. The van der Waals surface area contributed by atoms with Gasteiger partial charge in [0.25, 0.3) is 0 Å². The fourth-order valence-electron chi connectivity index (χ4n) is 0.274. The van der Waals surface area contributed by atoms with Crippen LogP contribution in [0.3, 0.4) is 0 Å². The van der Waals surface area contributed by atoms with Crippen LogP contribution < -0.4 is 0 Å². The summed E-state index contributed by atoms with van der Waals surface area (Å²) < 4.78 is 5.02. The predicted octanol–water partition coefficient (Wildman–Crippen LogP) is -0.887. The summed E-state index contributed by atoms with van der Waals surface area (Å²) in [5.41, 5.74) is 0. The van der Waals surface area contributed by atoms with Gasteiger partial charge in [0, 0.05) is 6.51 Å². The minimum Gasteiger partial charge on any atom is -0.375 e. The van der Waals surface area contributed by atoms with Gasteiger partial charge >= 0.3 is 0 Å². The van der Waals surface area contributed by atoms with Crippen molar-refractivity contribution in [3.05, 3.63) is 0 Å². The highest BCUT2D eigenvalue weighted by atomic mass is 16.5. The predicted molar refractivity (Wildman–Crippen MR) is 33.0 cm³/mol. The lowest BCUT2D eigenvalue weighted by molar-refractivity contribution is 0.0860. The number of hydrogen-bond acceptors (Lipinski definition) is 2. The summed E-state index contributed by atoms with van der Waals surface area (Å²) in [5, 5.41) is 0. The van der Waals surface area contributed by atoms with Crippen molar-refractivity contribution in [3.63, 3.8) is 0 Å².